The molecule has 1 aromatic carbocycles. The van der Waals surface area contributed by atoms with Gasteiger partial charge in [-0.2, -0.15) is 4.68 Å². The van der Waals surface area contributed by atoms with Gasteiger partial charge in [-0.05, 0) is 42.5 Å². The normalized spacial score (nSPS) is 16.1. The van der Waals surface area contributed by atoms with E-state index in [1.54, 1.807) is 46.3 Å². The van der Waals surface area contributed by atoms with Crippen molar-refractivity contribution in [1.82, 2.24) is 20.2 Å². The van der Waals surface area contributed by atoms with Crippen LogP contribution in [0, 0.1) is 0 Å². The number of methoxy groups -OCH3 is 2. The van der Waals surface area contributed by atoms with Crippen LogP contribution in [0.1, 0.15) is 25.5 Å². The summed E-state index contributed by atoms with van der Waals surface area (Å²) in [7, 11) is 3.14. The molecule has 9 heteroatoms. The van der Waals surface area contributed by atoms with E-state index in [-0.39, 0.29) is 6.61 Å². The first kappa shape index (κ1) is 16.7. The molecule has 0 spiro atoms. The molecule has 2 aromatic rings. The average molecular weight is 345 g/mol. The lowest BCUT2D eigenvalue weighted by molar-refractivity contribution is -0.139. The van der Waals surface area contributed by atoms with E-state index in [2.05, 4.69) is 20.8 Å². The maximum absolute atomic E-state index is 12.6. The summed E-state index contributed by atoms with van der Waals surface area (Å²) in [6.07, 6.45) is 0. The van der Waals surface area contributed by atoms with Crippen LogP contribution in [-0.4, -0.2) is 47.0 Å². The fourth-order valence-corrected chi connectivity index (χ4v) is 2.83. The van der Waals surface area contributed by atoms with E-state index in [0.29, 0.717) is 34.3 Å². The maximum atomic E-state index is 12.6. The maximum Gasteiger partial charge on any atom is 0.338 e. The molecule has 0 aliphatic carbocycles. The zero-order valence-electron chi connectivity index (χ0n) is 14.4. The second-order valence-corrected chi connectivity index (χ2v) is 5.34. The summed E-state index contributed by atoms with van der Waals surface area (Å²) in [6, 6.07) is 4.76. The number of hydrogen-bond donors (Lipinski definition) is 1. The second kappa shape index (κ2) is 6.80. The Balaban J connectivity index is 2.22. The van der Waals surface area contributed by atoms with Crippen molar-refractivity contribution in [3.8, 4) is 11.5 Å². The molecule has 0 saturated carbocycles. The number of carbonyl (C=O) groups is 1. The minimum atomic E-state index is -0.602. The fraction of sp³-hybridized carbons (Fsp3) is 0.375. The second-order valence-electron chi connectivity index (χ2n) is 5.34. The number of esters is 1. The van der Waals surface area contributed by atoms with Gasteiger partial charge in [0, 0.05) is 11.3 Å². The molecule has 3 rings (SSSR count). The number of nitrogens with zero attached hydrogens (tertiary/aromatic N) is 4. The van der Waals surface area contributed by atoms with Crippen LogP contribution in [0.25, 0.3) is 0 Å². The number of ether oxygens (including phenoxy) is 3. The smallest absolute Gasteiger partial charge is 0.338 e. The molecule has 1 aliphatic rings. The number of tetrazole rings is 1. The SMILES string of the molecule is CCOC(=O)C1=C(C)Nc2nnnn2[C@H]1c1cc(OC)ccc1OC. The van der Waals surface area contributed by atoms with Crippen LogP contribution in [0.15, 0.2) is 29.5 Å². The van der Waals surface area contributed by atoms with Crippen LogP contribution in [-0.2, 0) is 9.53 Å². The lowest BCUT2D eigenvalue weighted by Gasteiger charge is -2.28. The minimum absolute atomic E-state index is 0.264. The van der Waals surface area contributed by atoms with Gasteiger partial charge in [-0.25, -0.2) is 4.79 Å². The van der Waals surface area contributed by atoms with Crippen LogP contribution in [0.5, 0.6) is 11.5 Å². The number of rotatable bonds is 5. The number of nitrogens with one attached hydrogen (secondary N) is 1. The Bertz CT molecular complexity index is 830. The van der Waals surface area contributed by atoms with Gasteiger partial charge in [0.1, 0.15) is 17.5 Å². The lowest BCUT2D eigenvalue weighted by Crippen LogP contribution is -2.30. The Labute approximate surface area is 144 Å². The van der Waals surface area contributed by atoms with Crippen LogP contribution < -0.4 is 14.8 Å². The zero-order valence-corrected chi connectivity index (χ0v) is 14.4. The number of anilines is 1. The quantitative estimate of drug-likeness (QED) is 0.815. The number of hydrogen-bond acceptors (Lipinski definition) is 8. The first-order valence-electron chi connectivity index (χ1n) is 7.75. The molecular weight excluding hydrogens is 326 g/mol. The van der Waals surface area contributed by atoms with Crippen LogP contribution in [0.2, 0.25) is 0 Å². The Kier molecular flexibility index (Phi) is 4.55. The van der Waals surface area contributed by atoms with E-state index >= 15 is 0 Å². The molecule has 0 fully saturated rings. The van der Waals surface area contributed by atoms with Gasteiger partial charge in [-0.3, -0.25) is 0 Å². The van der Waals surface area contributed by atoms with E-state index in [9.17, 15) is 4.79 Å². The Morgan fingerprint density at radius 1 is 1.32 bits per heavy atom. The molecule has 1 N–H and O–H groups in total. The first-order valence-corrected chi connectivity index (χ1v) is 7.75. The number of benzene rings is 1. The van der Waals surface area contributed by atoms with E-state index in [4.69, 9.17) is 14.2 Å². The highest BCUT2D eigenvalue weighted by molar-refractivity contribution is 5.92. The molecule has 9 nitrogen and oxygen atoms in total. The minimum Gasteiger partial charge on any atom is -0.497 e. The summed E-state index contributed by atoms with van der Waals surface area (Å²) < 4.78 is 17.6. The Morgan fingerprint density at radius 2 is 2.12 bits per heavy atom. The summed E-state index contributed by atoms with van der Waals surface area (Å²) in [4.78, 5) is 12.6. The van der Waals surface area contributed by atoms with Gasteiger partial charge >= 0.3 is 5.97 Å². The predicted molar refractivity (Wildman–Crippen MR) is 88.5 cm³/mol. The molecule has 2 heterocycles. The first-order chi connectivity index (χ1) is 12.1. The standard InChI is InChI=1S/C16H19N5O4/c1-5-25-15(22)13-9(2)17-16-18-19-20-21(16)14(13)11-8-10(23-3)6-7-12(11)24-4/h6-8,14H,5H2,1-4H3,(H,17,18,20)/t14-/m0/s1. The highest BCUT2D eigenvalue weighted by Gasteiger charge is 2.36. The number of aromatic nitrogens is 4. The van der Waals surface area contributed by atoms with E-state index < -0.39 is 12.0 Å². The van der Waals surface area contributed by atoms with Gasteiger partial charge in [0.25, 0.3) is 0 Å². The van der Waals surface area contributed by atoms with Gasteiger partial charge in [0.15, 0.2) is 0 Å². The van der Waals surface area contributed by atoms with Crippen molar-refractivity contribution in [2.24, 2.45) is 0 Å². The van der Waals surface area contributed by atoms with Gasteiger partial charge in [0.2, 0.25) is 5.95 Å². The highest BCUT2D eigenvalue weighted by atomic mass is 16.5. The third-order valence-electron chi connectivity index (χ3n) is 3.94. The molecule has 1 aliphatic heterocycles. The highest BCUT2D eigenvalue weighted by Crippen LogP contribution is 2.40. The number of fused-ring (bicyclic) bond motifs is 1. The van der Waals surface area contributed by atoms with E-state index in [1.807, 2.05) is 0 Å². The third-order valence-corrected chi connectivity index (χ3v) is 3.94. The summed E-state index contributed by atoms with van der Waals surface area (Å²) in [5.74, 6) is 1.21. The Hall–Kier alpha value is -3.10. The van der Waals surface area contributed by atoms with Crippen molar-refractivity contribution >= 4 is 11.9 Å². The average Bonchev–Trinajstić information content (AvgIpc) is 3.07. The van der Waals surface area contributed by atoms with Crippen molar-refractivity contribution in [3.63, 3.8) is 0 Å². The monoisotopic (exact) mass is 345 g/mol. The molecule has 1 aromatic heterocycles. The van der Waals surface area contributed by atoms with E-state index in [1.165, 1.54) is 4.68 Å². The van der Waals surface area contributed by atoms with E-state index in [0.717, 1.165) is 0 Å². The van der Waals surface area contributed by atoms with Crippen LogP contribution in [0.3, 0.4) is 0 Å². The van der Waals surface area contributed by atoms with Crippen molar-refractivity contribution < 1.29 is 19.0 Å². The predicted octanol–water partition coefficient (Wildman–Crippen LogP) is 1.54. The zero-order chi connectivity index (χ0) is 18.0. The molecule has 132 valence electrons. The van der Waals surface area contributed by atoms with Crippen molar-refractivity contribution in [1.29, 1.82) is 0 Å². The molecule has 0 bridgehead atoms. The van der Waals surface area contributed by atoms with Gasteiger partial charge in [-0.15, -0.1) is 0 Å². The summed E-state index contributed by atoms with van der Waals surface area (Å²) in [5, 5.41) is 14.7. The van der Waals surface area contributed by atoms with Crippen molar-refractivity contribution in [3.05, 3.63) is 35.0 Å². The Morgan fingerprint density at radius 3 is 2.80 bits per heavy atom. The topological polar surface area (TPSA) is 100 Å². The van der Waals surface area contributed by atoms with Gasteiger partial charge in [0.05, 0.1) is 26.4 Å². The molecule has 0 unspecified atom stereocenters. The molecule has 0 amide bonds. The summed E-state index contributed by atoms with van der Waals surface area (Å²) in [5.41, 5.74) is 1.73. The lowest BCUT2D eigenvalue weighted by atomic mass is 9.94. The molecule has 25 heavy (non-hydrogen) atoms. The molecule has 0 saturated heterocycles. The number of carbonyl (C=O) groups excluding carboxylic acids is 1. The van der Waals surface area contributed by atoms with Crippen LogP contribution in [0.4, 0.5) is 5.95 Å². The third kappa shape index (κ3) is 2.88. The fourth-order valence-electron chi connectivity index (χ4n) is 2.83. The summed E-state index contributed by atoms with van der Waals surface area (Å²) in [6.45, 7) is 3.80. The molecule has 1 atom stereocenters. The molecule has 0 radical (unpaired) electrons. The summed E-state index contributed by atoms with van der Waals surface area (Å²) >= 11 is 0. The largest absolute Gasteiger partial charge is 0.497 e. The van der Waals surface area contributed by atoms with Gasteiger partial charge in [-0.1, -0.05) is 5.10 Å². The molecular formula is C16H19N5O4. The van der Waals surface area contributed by atoms with Crippen molar-refractivity contribution in [2.45, 2.75) is 19.9 Å². The number of allylic oxidation sites excluding steroid dienone is 1. The van der Waals surface area contributed by atoms with Gasteiger partial charge < -0.3 is 19.5 Å². The van der Waals surface area contributed by atoms with Crippen LogP contribution >= 0.6 is 0 Å². The van der Waals surface area contributed by atoms with Crippen molar-refractivity contribution in [2.75, 3.05) is 26.1 Å².